The summed E-state index contributed by atoms with van der Waals surface area (Å²) >= 11 is 0. The molecule has 8 nitrogen and oxygen atoms in total. The number of halogens is 3. The third kappa shape index (κ3) is 5.28. The van der Waals surface area contributed by atoms with Crippen LogP contribution in [0.25, 0.3) is 11.1 Å². The SMILES string of the molecule is CCN1C(=O)C(c2cc(-c3cnn(CCOC)c3)ccc2O)C(=O)N(c2ccccc2)c2cc(C(F)(F)F)ccc21. The molecule has 2 heterocycles. The smallest absolute Gasteiger partial charge is 0.416 e. The van der Waals surface area contributed by atoms with Gasteiger partial charge in [0.1, 0.15) is 11.7 Å². The van der Waals surface area contributed by atoms with Gasteiger partial charge in [-0.25, -0.2) is 0 Å². The van der Waals surface area contributed by atoms with Crippen molar-refractivity contribution in [3.63, 3.8) is 0 Å². The van der Waals surface area contributed by atoms with Gasteiger partial charge in [0.15, 0.2) is 0 Å². The zero-order chi connectivity index (χ0) is 29.3. The lowest BCUT2D eigenvalue weighted by molar-refractivity contribution is -0.137. The number of phenols is 1. The second-order valence-corrected chi connectivity index (χ2v) is 9.48. The predicted octanol–water partition coefficient (Wildman–Crippen LogP) is 5.74. The highest BCUT2D eigenvalue weighted by atomic mass is 19.4. The molecule has 11 heteroatoms. The fourth-order valence-electron chi connectivity index (χ4n) is 4.96. The number of benzene rings is 3. The predicted molar refractivity (Wildman–Crippen MR) is 147 cm³/mol. The van der Waals surface area contributed by atoms with E-state index in [2.05, 4.69) is 5.10 Å². The number of ether oxygens (including phenoxy) is 1. The molecule has 2 amide bonds. The largest absolute Gasteiger partial charge is 0.508 e. The Morgan fingerprint density at radius 1 is 0.951 bits per heavy atom. The molecular formula is C30H27F3N4O4. The maximum Gasteiger partial charge on any atom is 0.416 e. The number of phenolic OH excluding ortho intramolecular Hbond substituents is 1. The molecule has 1 aromatic heterocycles. The normalized spacial score (nSPS) is 15.7. The molecule has 212 valence electrons. The standard InChI is InChI=1S/C30H27F3N4O4/c1-3-36-24-11-10-21(30(31,32)33)16-25(24)37(22-7-5-4-6-8-22)29(40)27(28(36)39)23-15-19(9-12-26(23)38)20-17-34-35(18-20)13-14-41-2/h4-12,15-18,27,38H,3,13-14H2,1-2H3. The van der Waals surface area contributed by atoms with Crippen LogP contribution < -0.4 is 9.80 Å². The Hall–Kier alpha value is -4.64. The van der Waals surface area contributed by atoms with Crippen molar-refractivity contribution in [3.8, 4) is 16.9 Å². The topological polar surface area (TPSA) is 87.9 Å². The van der Waals surface area contributed by atoms with Crippen LogP contribution in [0.15, 0.2) is 79.1 Å². The van der Waals surface area contributed by atoms with E-state index in [1.54, 1.807) is 73.6 Å². The number of nitrogens with zero attached hydrogens (tertiary/aromatic N) is 4. The minimum Gasteiger partial charge on any atom is -0.508 e. The first kappa shape index (κ1) is 27.9. The lowest BCUT2D eigenvalue weighted by Gasteiger charge is -2.26. The number of methoxy groups -OCH3 is 1. The molecule has 41 heavy (non-hydrogen) atoms. The van der Waals surface area contributed by atoms with Crippen molar-refractivity contribution in [2.24, 2.45) is 0 Å². The van der Waals surface area contributed by atoms with E-state index in [-0.39, 0.29) is 34.9 Å². The number of likely N-dealkylation sites (N-methyl/N-ethyl adjacent to an activating group) is 1. The number of rotatable bonds is 7. The Balaban J connectivity index is 1.68. The Kier molecular flexibility index (Phi) is 7.55. The van der Waals surface area contributed by atoms with Crippen molar-refractivity contribution < 1.29 is 32.6 Å². The molecule has 1 atom stereocenters. The number of para-hydroxylation sites is 1. The zero-order valence-electron chi connectivity index (χ0n) is 22.3. The number of aromatic nitrogens is 2. The second-order valence-electron chi connectivity index (χ2n) is 9.48. The van der Waals surface area contributed by atoms with E-state index in [4.69, 9.17) is 4.74 Å². The van der Waals surface area contributed by atoms with E-state index < -0.39 is 29.5 Å². The summed E-state index contributed by atoms with van der Waals surface area (Å²) in [5, 5.41) is 15.2. The van der Waals surface area contributed by atoms with Crippen LogP contribution in [-0.2, 0) is 27.0 Å². The number of hydrogen-bond acceptors (Lipinski definition) is 5. The first-order chi connectivity index (χ1) is 19.6. The molecule has 0 spiro atoms. The van der Waals surface area contributed by atoms with Gasteiger partial charge in [0.25, 0.3) is 0 Å². The van der Waals surface area contributed by atoms with Crippen molar-refractivity contribution in [2.45, 2.75) is 25.6 Å². The van der Waals surface area contributed by atoms with Crippen LogP contribution in [0.1, 0.15) is 24.0 Å². The van der Waals surface area contributed by atoms with E-state index in [1.807, 2.05) is 0 Å². The van der Waals surface area contributed by atoms with Gasteiger partial charge in [-0.15, -0.1) is 0 Å². The summed E-state index contributed by atoms with van der Waals surface area (Å²) in [4.78, 5) is 30.8. The number of hydrogen-bond donors (Lipinski definition) is 1. The molecule has 0 aliphatic carbocycles. The first-order valence-corrected chi connectivity index (χ1v) is 12.9. The van der Waals surface area contributed by atoms with Crippen LogP contribution in [0.2, 0.25) is 0 Å². The van der Waals surface area contributed by atoms with Gasteiger partial charge < -0.3 is 14.7 Å². The minimum atomic E-state index is -4.67. The number of anilines is 3. The van der Waals surface area contributed by atoms with E-state index in [1.165, 1.54) is 17.0 Å². The van der Waals surface area contributed by atoms with Gasteiger partial charge in [0, 0.05) is 36.7 Å². The molecule has 0 radical (unpaired) electrons. The molecule has 4 aromatic rings. The number of carbonyl (C=O) groups is 2. The van der Waals surface area contributed by atoms with Gasteiger partial charge in [-0.3, -0.25) is 19.2 Å². The highest BCUT2D eigenvalue weighted by Crippen LogP contribution is 2.45. The van der Waals surface area contributed by atoms with Crippen LogP contribution in [0.4, 0.5) is 30.2 Å². The highest BCUT2D eigenvalue weighted by molar-refractivity contribution is 6.23. The number of alkyl halides is 3. The van der Waals surface area contributed by atoms with Gasteiger partial charge in [-0.1, -0.05) is 24.3 Å². The lowest BCUT2D eigenvalue weighted by atomic mass is 9.92. The van der Waals surface area contributed by atoms with E-state index in [0.29, 0.717) is 24.3 Å². The molecule has 3 aromatic carbocycles. The van der Waals surface area contributed by atoms with Crippen molar-refractivity contribution in [1.29, 1.82) is 0 Å². The molecule has 0 saturated heterocycles. The third-order valence-corrected chi connectivity index (χ3v) is 6.98. The summed E-state index contributed by atoms with van der Waals surface area (Å²) < 4.78 is 48.1. The summed E-state index contributed by atoms with van der Waals surface area (Å²) in [6.07, 6.45) is -1.28. The van der Waals surface area contributed by atoms with Gasteiger partial charge in [0.2, 0.25) is 11.8 Å². The average Bonchev–Trinajstić information content (AvgIpc) is 3.40. The molecule has 1 N–H and O–H groups in total. The van der Waals surface area contributed by atoms with Crippen LogP contribution in [0.5, 0.6) is 5.75 Å². The van der Waals surface area contributed by atoms with Crippen LogP contribution >= 0.6 is 0 Å². The number of amides is 2. The summed E-state index contributed by atoms with van der Waals surface area (Å²) in [5.41, 5.74) is 0.708. The van der Waals surface area contributed by atoms with Crippen molar-refractivity contribution >= 4 is 28.9 Å². The quantitative estimate of drug-likeness (QED) is 0.290. The monoisotopic (exact) mass is 564 g/mol. The summed E-state index contributed by atoms with van der Waals surface area (Å²) in [6, 6.07) is 15.7. The first-order valence-electron chi connectivity index (χ1n) is 12.9. The number of fused-ring (bicyclic) bond motifs is 1. The number of aromatic hydroxyl groups is 1. The summed E-state index contributed by atoms with van der Waals surface area (Å²) in [5.74, 6) is -3.29. The van der Waals surface area contributed by atoms with Crippen molar-refractivity contribution in [3.05, 3.63) is 90.3 Å². The Morgan fingerprint density at radius 2 is 1.71 bits per heavy atom. The third-order valence-electron chi connectivity index (χ3n) is 6.98. The van der Waals surface area contributed by atoms with E-state index in [9.17, 15) is 27.9 Å². The molecule has 1 aliphatic heterocycles. The molecule has 1 unspecified atom stereocenters. The van der Waals surface area contributed by atoms with Gasteiger partial charge in [-0.2, -0.15) is 18.3 Å². The van der Waals surface area contributed by atoms with Gasteiger partial charge >= 0.3 is 6.18 Å². The molecular weight excluding hydrogens is 537 g/mol. The molecule has 0 saturated carbocycles. The lowest BCUT2D eigenvalue weighted by Crippen LogP contribution is -2.39. The summed E-state index contributed by atoms with van der Waals surface area (Å²) in [7, 11) is 1.58. The fraction of sp³-hybridized carbons (Fsp3) is 0.233. The molecule has 1 aliphatic rings. The maximum absolute atomic E-state index is 14.3. The van der Waals surface area contributed by atoms with E-state index in [0.717, 1.165) is 17.0 Å². The minimum absolute atomic E-state index is 0.0328. The Morgan fingerprint density at radius 3 is 2.39 bits per heavy atom. The van der Waals surface area contributed by atoms with Crippen LogP contribution in [0.3, 0.4) is 0 Å². The van der Waals surface area contributed by atoms with Crippen molar-refractivity contribution in [1.82, 2.24) is 9.78 Å². The van der Waals surface area contributed by atoms with Gasteiger partial charge in [-0.05, 0) is 55.0 Å². The molecule has 0 fully saturated rings. The summed E-state index contributed by atoms with van der Waals surface area (Å²) in [6.45, 7) is 2.71. The molecule has 5 rings (SSSR count). The number of carbonyl (C=O) groups excluding carboxylic acids is 2. The highest BCUT2D eigenvalue weighted by Gasteiger charge is 2.44. The van der Waals surface area contributed by atoms with E-state index >= 15 is 0 Å². The molecule has 0 bridgehead atoms. The Bertz CT molecular complexity index is 1590. The zero-order valence-corrected chi connectivity index (χ0v) is 22.3. The van der Waals surface area contributed by atoms with Crippen LogP contribution in [0, 0.1) is 0 Å². The Labute approximate surface area is 234 Å². The van der Waals surface area contributed by atoms with Gasteiger partial charge in [0.05, 0.1) is 36.3 Å². The van der Waals surface area contributed by atoms with Crippen molar-refractivity contribution in [2.75, 3.05) is 30.1 Å². The second kappa shape index (κ2) is 11.1. The van der Waals surface area contributed by atoms with Crippen LogP contribution in [-0.4, -0.2) is 47.0 Å². The fourth-order valence-corrected chi connectivity index (χ4v) is 4.96. The maximum atomic E-state index is 14.3. The average molecular weight is 565 g/mol.